The van der Waals surface area contributed by atoms with Gasteiger partial charge in [-0.3, -0.25) is 9.59 Å². The van der Waals surface area contributed by atoms with E-state index in [1.165, 1.54) is 12.0 Å². The Bertz CT molecular complexity index is 1540. The van der Waals surface area contributed by atoms with Crippen molar-refractivity contribution in [2.75, 3.05) is 20.3 Å². The molecule has 1 aromatic heterocycles. The van der Waals surface area contributed by atoms with Crippen molar-refractivity contribution in [3.8, 4) is 5.75 Å². The molecule has 0 fully saturated rings. The zero-order valence-corrected chi connectivity index (χ0v) is 22.5. The van der Waals surface area contributed by atoms with Crippen LogP contribution in [0, 0.1) is 6.92 Å². The smallest absolute Gasteiger partial charge is 0.290 e. The van der Waals surface area contributed by atoms with E-state index in [-0.39, 0.29) is 24.5 Å². The molecule has 0 radical (unpaired) electrons. The molecule has 1 unspecified atom stereocenters. The van der Waals surface area contributed by atoms with Crippen LogP contribution in [-0.2, 0) is 16.1 Å². The molecule has 0 bridgehead atoms. The molecule has 2 heterocycles. The van der Waals surface area contributed by atoms with Crippen LogP contribution in [0.3, 0.4) is 0 Å². The number of aliphatic hydroxyl groups excluding tert-OH is 1. The van der Waals surface area contributed by atoms with Crippen molar-refractivity contribution < 1.29 is 28.6 Å². The molecule has 5 rings (SSSR count). The van der Waals surface area contributed by atoms with Crippen LogP contribution in [0.25, 0.3) is 11.0 Å². The van der Waals surface area contributed by atoms with Gasteiger partial charge in [-0.2, -0.15) is 0 Å². The second-order valence-electron chi connectivity index (χ2n) is 9.06. The van der Waals surface area contributed by atoms with Crippen molar-refractivity contribution in [1.82, 2.24) is 4.90 Å². The van der Waals surface area contributed by atoms with Crippen LogP contribution >= 0.6 is 15.9 Å². The van der Waals surface area contributed by atoms with E-state index in [0.29, 0.717) is 23.5 Å². The Morgan fingerprint density at radius 3 is 2.58 bits per heavy atom. The summed E-state index contributed by atoms with van der Waals surface area (Å²) >= 11 is 3.42. The fourth-order valence-corrected chi connectivity index (χ4v) is 4.97. The number of ether oxygens (including phenoxy) is 2. The summed E-state index contributed by atoms with van der Waals surface area (Å²) in [6.45, 7) is 2.89. The second kappa shape index (κ2) is 10.8. The lowest BCUT2D eigenvalue weighted by atomic mass is 9.95. The third kappa shape index (κ3) is 4.97. The highest BCUT2D eigenvalue weighted by atomic mass is 79.9. The van der Waals surface area contributed by atoms with Gasteiger partial charge in [0.05, 0.1) is 18.2 Å². The number of carbonyl (C=O) groups excluding carboxylic acids is 2. The lowest BCUT2D eigenvalue weighted by Gasteiger charge is -2.26. The molecule has 0 aliphatic carbocycles. The maximum Gasteiger partial charge on any atom is 0.290 e. The van der Waals surface area contributed by atoms with Crippen LogP contribution in [0.1, 0.15) is 33.3 Å². The molecule has 0 saturated carbocycles. The molecule has 0 saturated heterocycles. The number of aliphatic hydroxyl groups is 1. The first-order valence-corrected chi connectivity index (χ1v) is 12.9. The summed E-state index contributed by atoms with van der Waals surface area (Å²) in [7, 11) is 1.53. The Kier molecular flexibility index (Phi) is 7.35. The maximum absolute atomic E-state index is 13.7. The molecule has 0 spiro atoms. The number of hydrogen-bond donors (Lipinski definition) is 1. The Labute approximate surface area is 228 Å². The SMILES string of the molecule is COCCN1C(=O)C(O)=C(C(=O)c2cc3cc(Br)ccc3o2)C1c1ccc(OCc2ccccc2C)cc1. The number of nitrogens with zero attached hydrogens (tertiary/aromatic N) is 1. The number of rotatable bonds is 9. The number of halogens is 1. The number of benzene rings is 3. The average molecular weight is 576 g/mol. The lowest BCUT2D eigenvalue weighted by molar-refractivity contribution is -0.130. The zero-order valence-electron chi connectivity index (χ0n) is 20.9. The van der Waals surface area contributed by atoms with Gasteiger partial charge in [-0.25, -0.2) is 0 Å². The molecular weight excluding hydrogens is 550 g/mol. The maximum atomic E-state index is 13.7. The zero-order chi connectivity index (χ0) is 26.8. The first-order valence-electron chi connectivity index (χ1n) is 12.1. The van der Waals surface area contributed by atoms with E-state index in [9.17, 15) is 14.7 Å². The number of fused-ring (bicyclic) bond motifs is 1. The van der Waals surface area contributed by atoms with Crippen LogP contribution in [0.4, 0.5) is 0 Å². The highest BCUT2D eigenvalue weighted by Gasteiger charge is 2.44. The number of ketones is 1. The molecule has 1 N–H and O–H groups in total. The van der Waals surface area contributed by atoms with Crippen molar-refractivity contribution in [2.24, 2.45) is 0 Å². The van der Waals surface area contributed by atoms with Crippen molar-refractivity contribution in [2.45, 2.75) is 19.6 Å². The summed E-state index contributed by atoms with van der Waals surface area (Å²) in [5, 5.41) is 11.6. The highest BCUT2D eigenvalue weighted by molar-refractivity contribution is 9.10. The molecule has 1 amide bonds. The molecule has 8 heteroatoms. The minimum atomic E-state index is -0.810. The van der Waals surface area contributed by atoms with Gasteiger partial charge in [0.15, 0.2) is 11.5 Å². The molecule has 1 aliphatic heterocycles. The number of hydrogen-bond acceptors (Lipinski definition) is 6. The van der Waals surface area contributed by atoms with E-state index in [4.69, 9.17) is 13.9 Å². The van der Waals surface area contributed by atoms with Crippen LogP contribution in [0.15, 0.2) is 93.0 Å². The third-order valence-corrected chi connectivity index (χ3v) is 7.13. The number of methoxy groups -OCH3 is 1. The monoisotopic (exact) mass is 575 g/mol. The summed E-state index contributed by atoms with van der Waals surface area (Å²) in [6, 6.07) is 21.4. The van der Waals surface area contributed by atoms with Crippen molar-refractivity contribution in [1.29, 1.82) is 0 Å². The summed E-state index contributed by atoms with van der Waals surface area (Å²) in [6.07, 6.45) is 0. The molecule has 1 atom stereocenters. The molecule has 38 heavy (non-hydrogen) atoms. The van der Waals surface area contributed by atoms with Gasteiger partial charge in [0, 0.05) is 23.5 Å². The van der Waals surface area contributed by atoms with E-state index in [0.717, 1.165) is 21.0 Å². The van der Waals surface area contributed by atoms with E-state index < -0.39 is 23.5 Å². The predicted molar refractivity (Wildman–Crippen MR) is 146 cm³/mol. The van der Waals surface area contributed by atoms with Crippen molar-refractivity contribution >= 4 is 38.6 Å². The van der Waals surface area contributed by atoms with E-state index in [2.05, 4.69) is 15.9 Å². The van der Waals surface area contributed by atoms with Crippen LogP contribution < -0.4 is 4.74 Å². The minimum Gasteiger partial charge on any atom is -0.503 e. The van der Waals surface area contributed by atoms with Gasteiger partial charge in [-0.05, 0) is 60.0 Å². The Hall–Kier alpha value is -3.88. The minimum absolute atomic E-state index is 0.0298. The molecule has 3 aromatic carbocycles. The van der Waals surface area contributed by atoms with E-state index in [1.807, 2.05) is 43.3 Å². The van der Waals surface area contributed by atoms with Gasteiger partial charge in [-0.1, -0.05) is 52.3 Å². The Morgan fingerprint density at radius 2 is 1.84 bits per heavy atom. The molecule has 1 aliphatic rings. The normalized spacial score (nSPS) is 15.5. The number of amides is 1. The van der Waals surface area contributed by atoms with Gasteiger partial charge in [-0.15, -0.1) is 0 Å². The van der Waals surface area contributed by atoms with E-state index in [1.54, 1.807) is 36.4 Å². The fourth-order valence-electron chi connectivity index (χ4n) is 4.59. The highest BCUT2D eigenvalue weighted by Crippen LogP contribution is 2.40. The molecule has 7 nitrogen and oxygen atoms in total. The quantitative estimate of drug-likeness (QED) is 0.235. The van der Waals surface area contributed by atoms with E-state index >= 15 is 0 Å². The number of furan rings is 1. The van der Waals surface area contributed by atoms with Crippen molar-refractivity contribution in [3.05, 3.63) is 111 Å². The second-order valence-corrected chi connectivity index (χ2v) is 9.98. The van der Waals surface area contributed by atoms with Gasteiger partial charge < -0.3 is 23.9 Å². The van der Waals surface area contributed by atoms with Crippen LogP contribution in [-0.4, -0.2) is 42.0 Å². The standard InChI is InChI=1S/C30H26BrNO6/c1-18-5-3-4-6-20(18)17-37-23-10-7-19(8-11-23)27-26(29(34)30(35)32(27)13-14-36-2)28(33)25-16-21-15-22(31)9-12-24(21)38-25/h3-12,15-16,27,34H,13-14,17H2,1-2H3. The largest absolute Gasteiger partial charge is 0.503 e. The molecule has 194 valence electrons. The third-order valence-electron chi connectivity index (χ3n) is 6.64. The first-order chi connectivity index (χ1) is 18.4. The Morgan fingerprint density at radius 1 is 1.08 bits per heavy atom. The summed E-state index contributed by atoms with van der Waals surface area (Å²) in [5.74, 6) is -1.07. The first kappa shape index (κ1) is 25.8. The lowest BCUT2D eigenvalue weighted by Crippen LogP contribution is -2.34. The molecular formula is C30H26BrNO6. The number of aryl methyl sites for hydroxylation is 1. The molecule has 4 aromatic rings. The van der Waals surface area contributed by atoms with Gasteiger partial charge >= 0.3 is 0 Å². The van der Waals surface area contributed by atoms with Crippen LogP contribution in [0.5, 0.6) is 5.75 Å². The van der Waals surface area contributed by atoms with Gasteiger partial charge in [0.2, 0.25) is 5.78 Å². The summed E-state index contributed by atoms with van der Waals surface area (Å²) < 4.78 is 17.8. The van der Waals surface area contributed by atoms with Gasteiger partial charge in [0.25, 0.3) is 5.91 Å². The topological polar surface area (TPSA) is 89.2 Å². The summed E-state index contributed by atoms with van der Waals surface area (Å²) in [4.78, 5) is 28.2. The van der Waals surface area contributed by atoms with Gasteiger partial charge in [0.1, 0.15) is 17.9 Å². The fraction of sp³-hybridized carbons (Fsp3) is 0.200. The number of Topliss-reactive ketones (excluding diaryl/α,β-unsaturated/α-hetero) is 1. The predicted octanol–water partition coefficient (Wildman–Crippen LogP) is 6.31. The van der Waals surface area contributed by atoms with Crippen LogP contribution in [0.2, 0.25) is 0 Å². The van der Waals surface area contributed by atoms with Crippen molar-refractivity contribution in [3.63, 3.8) is 0 Å². The number of carbonyl (C=O) groups is 2. The average Bonchev–Trinajstić information content (AvgIpc) is 3.45. The summed E-state index contributed by atoms with van der Waals surface area (Å²) in [5.41, 5.74) is 3.39. The Balaban J connectivity index is 1.45.